The highest BCUT2D eigenvalue weighted by atomic mass is 16.6. The average molecular weight is 252 g/mol. The third kappa shape index (κ3) is 2.48. The van der Waals surface area contributed by atoms with Gasteiger partial charge in [0, 0.05) is 19.6 Å². The molecule has 1 aromatic heterocycles. The average Bonchev–Trinajstić information content (AvgIpc) is 2.74. The molecule has 0 radical (unpaired) electrons. The molecule has 8 nitrogen and oxygen atoms in total. The number of aromatic nitrogens is 2. The van der Waals surface area contributed by atoms with Gasteiger partial charge < -0.3 is 15.5 Å². The Bertz CT molecular complexity index is 452. The van der Waals surface area contributed by atoms with E-state index in [1.54, 1.807) is 7.05 Å². The molecule has 18 heavy (non-hydrogen) atoms. The van der Waals surface area contributed by atoms with Gasteiger partial charge in [0.25, 0.3) is 0 Å². The summed E-state index contributed by atoms with van der Waals surface area (Å²) in [6.07, 6.45) is 2.27. The molecule has 2 rings (SSSR count). The Labute approximate surface area is 105 Å². The summed E-state index contributed by atoms with van der Waals surface area (Å²) < 4.78 is 0. The van der Waals surface area contributed by atoms with Crippen LogP contribution in [0.25, 0.3) is 0 Å². The molecule has 2 N–H and O–H groups in total. The molecule has 1 fully saturated rings. The zero-order chi connectivity index (χ0) is 13.1. The number of likely N-dealkylation sites (N-methyl/N-ethyl adjacent to an activating group) is 1. The lowest BCUT2D eigenvalue weighted by molar-refractivity contribution is -0.383. The fourth-order valence-corrected chi connectivity index (χ4v) is 2.09. The fraction of sp³-hybridized carbons (Fsp3) is 0.600. The standard InChI is InChI=1S/C10H16N6O2/c1-11-9-8(16(17)18)10(13-6-12-9)14-7-3-4-15(2)5-7/h6-7H,3-5H2,1-2H3,(H2,11,12,13,14). The maximum Gasteiger partial charge on any atom is 0.353 e. The monoisotopic (exact) mass is 252 g/mol. The highest BCUT2D eigenvalue weighted by Crippen LogP contribution is 2.29. The Hall–Kier alpha value is -1.96. The van der Waals surface area contributed by atoms with Crippen molar-refractivity contribution in [3.8, 4) is 0 Å². The number of hydrogen-bond donors (Lipinski definition) is 2. The molecule has 1 aromatic rings. The smallest absolute Gasteiger partial charge is 0.353 e. The molecular weight excluding hydrogens is 236 g/mol. The topological polar surface area (TPSA) is 96.2 Å². The first-order valence-corrected chi connectivity index (χ1v) is 5.74. The van der Waals surface area contributed by atoms with Gasteiger partial charge in [-0.1, -0.05) is 0 Å². The van der Waals surface area contributed by atoms with Crippen molar-refractivity contribution in [3.63, 3.8) is 0 Å². The number of hydrogen-bond acceptors (Lipinski definition) is 7. The van der Waals surface area contributed by atoms with Gasteiger partial charge in [-0.05, 0) is 20.0 Å². The summed E-state index contributed by atoms with van der Waals surface area (Å²) in [6.45, 7) is 1.84. The van der Waals surface area contributed by atoms with Gasteiger partial charge in [-0.25, -0.2) is 9.97 Å². The Balaban J connectivity index is 2.24. The van der Waals surface area contributed by atoms with Gasteiger partial charge in [0.15, 0.2) is 0 Å². The van der Waals surface area contributed by atoms with Crippen molar-refractivity contribution in [2.75, 3.05) is 37.8 Å². The minimum absolute atomic E-state index is 0.102. The van der Waals surface area contributed by atoms with Crippen LogP contribution in [-0.2, 0) is 0 Å². The number of nitrogens with zero attached hydrogens (tertiary/aromatic N) is 4. The minimum Gasteiger partial charge on any atom is -0.367 e. The van der Waals surface area contributed by atoms with E-state index in [4.69, 9.17) is 0 Å². The van der Waals surface area contributed by atoms with Crippen molar-refractivity contribution in [1.29, 1.82) is 0 Å². The van der Waals surface area contributed by atoms with E-state index in [1.807, 2.05) is 7.05 Å². The van der Waals surface area contributed by atoms with Crippen molar-refractivity contribution < 1.29 is 4.92 Å². The number of likely N-dealkylation sites (tertiary alicyclic amines) is 1. The second kappa shape index (κ2) is 5.13. The van der Waals surface area contributed by atoms with Crippen LogP contribution >= 0.6 is 0 Å². The van der Waals surface area contributed by atoms with E-state index in [0.29, 0.717) is 0 Å². The Morgan fingerprint density at radius 1 is 1.50 bits per heavy atom. The molecule has 1 aliphatic heterocycles. The molecule has 1 unspecified atom stereocenters. The van der Waals surface area contributed by atoms with E-state index < -0.39 is 4.92 Å². The summed E-state index contributed by atoms with van der Waals surface area (Å²) in [5.74, 6) is 0.503. The number of anilines is 2. The molecule has 98 valence electrons. The van der Waals surface area contributed by atoms with Crippen molar-refractivity contribution in [3.05, 3.63) is 16.4 Å². The lowest BCUT2D eigenvalue weighted by Gasteiger charge is -2.14. The Kier molecular flexibility index (Phi) is 3.56. The summed E-state index contributed by atoms with van der Waals surface area (Å²) in [4.78, 5) is 20.6. The molecule has 8 heteroatoms. The van der Waals surface area contributed by atoms with Gasteiger partial charge in [-0.3, -0.25) is 10.1 Å². The molecule has 0 amide bonds. The third-order valence-electron chi connectivity index (χ3n) is 2.97. The first kappa shape index (κ1) is 12.5. The number of rotatable bonds is 4. The largest absolute Gasteiger partial charge is 0.367 e. The van der Waals surface area contributed by atoms with E-state index in [2.05, 4.69) is 25.5 Å². The summed E-state index contributed by atoms with van der Waals surface area (Å²) >= 11 is 0. The quantitative estimate of drug-likeness (QED) is 0.596. The molecule has 0 bridgehead atoms. The van der Waals surface area contributed by atoms with Crippen LogP contribution in [0.5, 0.6) is 0 Å². The second-order valence-corrected chi connectivity index (χ2v) is 4.32. The maximum absolute atomic E-state index is 11.1. The van der Waals surface area contributed by atoms with Gasteiger partial charge in [0.05, 0.1) is 4.92 Å². The third-order valence-corrected chi connectivity index (χ3v) is 2.97. The SMILES string of the molecule is CNc1ncnc(NC2CCN(C)C2)c1[N+](=O)[O-]. The Morgan fingerprint density at radius 2 is 2.22 bits per heavy atom. The summed E-state index contributed by atoms with van der Waals surface area (Å²) in [7, 11) is 3.62. The highest BCUT2D eigenvalue weighted by Gasteiger charge is 2.26. The zero-order valence-electron chi connectivity index (χ0n) is 10.4. The molecule has 0 spiro atoms. The van der Waals surface area contributed by atoms with Crippen LogP contribution in [0, 0.1) is 10.1 Å². The summed E-state index contributed by atoms with van der Waals surface area (Å²) in [5, 5.41) is 16.9. The molecule has 1 aliphatic rings. The predicted molar refractivity (Wildman–Crippen MR) is 67.8 cm³/mol. The van der Waals surface area contributed by atoms with Crippen molar-refractivity contribution >= 4 is 17.3 Å². The van der Waals surface area contributed by atoms with Crippen LogP contribution in [0.15, 0.2) is 6.33 Å². The van der Waals surface area contributed by atoms with Crippen LogP contribution in [-0.4, -0.2) is 53.0 Å². The van der Waals surface area contributed by atoms with Crippen molar-refractivity contribution in [2.24, 2.45) is 0 Å². The normalized spacial score (nSPS) is 19.8. The van der Waals surface area contributed by atoms with Gasteiger partial charge in [-0.15, -0.1) is 0 Å². The Morgan fingerprint density at radius 3 is 2.78 bits per heavy atom. The van der Waals surface area contributed by atoms with E-state index in [0.717, 1.165) is 19.5 Å². The minimum atomic E-state index is -0.465. The van der Waals surface area contributed by atoms with Gasteiger partial charge in [-0.2, -0.15) is 0 Å². The highest BCUT2D eigenvalue weighted by molar-refractivity contribution is 5.69. The van der Waals surface area contributed by atoms with Crippen LogP contribution in [0.2, 0.25) is 0 Å². The lowest BCUT2D eigenvalue weighted by atomic mass is 10.2. The maximum atomic E-state index is 11.1. The second-order valence-electron chi connectivity index (χ2n) is 4.32. The molecular formula is C10H16N6O2. The van der Waals surface area contributed by atoms with Gasteiger partial charge in [0.2, 0.25) is 11.6 Å². The van der Waals surface area contributed by atoms with Crippen LogP contribution in [0.4, 0.5) is 17.3 Å². The molecule has 0 saturated carbocycles. The van der Waals surface area contributed by atoms with E-state index in [9.17, 15) is 10.1 Å². The van der Waals surface area contributed by atoms with Gasteiger partial charge in [0.1, 0.15) is 6.33 Å². The van der Waals surface area contributed by atoms with Crippen molar-refractivity contribution in [1.82, 2.24) is 14.9 Å². The van der Waals surface area contributed by atoms with Crippen molar-refractivity contribution in [2.45, 2.75) is 12.5 Å². The van der Waals surface area contributed by atoms with E-state index in [1.165, 1.54) is 6.33 Å². The fourth-order valence-electron chi connectivity index (χ4n) is 2.09. The summed E-state index contributed by atoms with van der Waals surface area (Å²) in [6, 6.07) is 0.188. The van der Waals surface area contributed by atoms with Gasteiger partial charge >= 0.3 is 5.69 Å². The molecule has 0 aliphatic carbocycles. The first-order chi connectivity index (χ1) is 8.61. The zero-order valence-corrected chi connectivity index (χ0v) is 10.4. The number of nitro groups is 1. The molecule has 1 saturated heterocycles. The number of nitrogens with one attached hydrogen (secondary N) is 2. The molecule has 0 aromatic carbocycles. The van der Waals surface area contributed by atoms with E-state index in [-0.39, 0.29) is 23.4 Å². The van der Waals surface area contributed by atoms with E-state index >= 15 is 0 Å². The molecule has 2 heterocycles. The van der Waals surface area contributed by atoms with Crippen LogP contribution in [0.3, 0.4) is 0 Å². The lowest BCUT2D eigenvalue weighted by Crippen LogP contribution is -2.24. The predicted octanol–water partition coefficient (Wildman–Crippen LogP) is 0.542. The first-order valence-electron chi connectivity index (χ1n) is 5.74. The van der Waals surface area contributed by atoms with Crippen LogP contribution < -0.4 is 10.6 Å². The van der Waals surface area contributed by atoms with Crippen LogP contribution in [0.1, 0.15) is 6.42 Å². The molecule has 1 atom stereocenters. The summed E-state index contributed by atoms with van der Waals surface area (Å²) in [5.41, 5.74) is -0.102.